The maximum Gasteiger partial charge on any atom is 0.255 e. The smallest absolute Gasteiger partial charge is 0.255 e. The zero-order valence-electron chi connectivity index (χ0n) is 13.6. The first-order chi connectivity index (χ1) is 11.1. The van der Waals surface area contributed by atoms with Crippen molar-refractivity contribution < 1.29 is 14.3 Å². The molecule has 1 amide bonds. The minimum absolute atomic E-state index is 0.0683. The third kappa shape index (κ3) is 3.54. The molecule has 2 fully saturated rings. The fraction of sp³-hybridized carbons (Fsp3) is 0.588. The van der Waals surface area contributed by atoms with Crippen LogP contribution in [0.3, 0.4) is 0 Å². The highest BCUT2D eigenvalue weighted by molar-refractivity contribution is 9.10. The van der Waals surface area contributed by atoms with Crippen LogP contribution in [-0.2, 0) is 4.74 Å². The number of hydrogen-bond acceptors (Lipinski definition) is 4. The van der Waals surface area contributed by atoms with Crippen LogP contribution in [-0.4, -0.2) is 68.3 Å². The summed E-state index contributed by atoms with van der Waals surface area (Å²) in [6.45, 7) is 3.74. The third-order valence-corrected chi connectivity index (χ3v) is 5.57. The van der Waals surface area contributed by atoms with Gasteiger partial charge < -0.3 is 14.4 Å². The first kappa shape index (κ1) is 16.7. The van der Waals surface area contributed by atoms with Gasteiger partial charge in [-0.3, -0.25) is 9.69 Å². The van der Waals surface area contributed by atoms with Crippen LogP contribution in [0.15, 0.2) is 22.7 Å². The molecule has 6 heteroatoms. The predicted molar refractivity (Wildman–Crippen MR) is 92.0 cm³/mol. The van der Waals surface area contributed by atoms with Crippen molar-refractivity contribution in [2.75, 3.05) is 40.4 Å². The van der Waals surface area contributed by atoms with Crippen LogP contribution >= 0.6 is 15.9 Å². The Balaban J connectivity index is 1.56. The Hall–Kier alpha value is -1.11. The molecule has 0 bridgehead atoms. The second-order valence-corrected chi connectivity index (χ2v) is 7.04. The van der Waals surface area contributed by atoms with E-state index < -0.39 is 0 Å². The molecule has 0 aliphatic carbocycles. The normalized spacial score (nSPS) is 20.4. The summed E-state index contributed by atoms with van der Waals surface area (Å²) in [6.07, 6.45) is 2.57. The fourth-order valence-corrected chi connectivity index (χ4v) is 3.71. The Labute approximate surface area is 145 Å². The van der Waals surface area contributed by atoms with Crippen molar-refractivity contribution >= 4 is 21.8 Å². The summed E-state index contributed by atoms with van der Waals surface area (Å²) in [6, 6.07) is 5.99. The quantitative estimate of drug-likeness (QED) is 0.801. The van der Waals surface area contributed by atoms with Crippen LogP contribution in [0.5, 0.6) is 5.75 Å². The highest BCUT2D eigenvalue weighted by Gasteiger charge is 2.37. The highest BCUT2D eigenvalue weighted by Crippen LogP contribution is 2.27. The van der Waals surface area contributed by atoms with E-state index in [0.717, 1.165) is 43.5 Å². The minimum Gasteiger partial charge on any atom is -0.497 e. The molecule has 3 rings (SSSR count). The summed E-state index contributed by atoms with van der Waals surface area (Å²) in [4.78, 5) is 17.0. The van der Waals surface area contributed by atoms with Gasteiger partial charge in [-0.15, -0.1) is 0 Å². The Morgan fingerprint density at radius 3 is 2.52 bits per heavy atom. The molecule has 2 aliphatic heterocycles. The SMILES string of the molecule is COc1ccc(Br)c(C(=O)N2CC(N3CCC(OC)CC3)C2)c1. The lowest BCUT2D eigenvalue weighted by atomic mass is 10.00. The Kier molecular flexibility index (Phi) is 5.24. The van der Waals surface area contributed by atoms with Gasteiger partial charge in [0.05, 0.1) is 18.8 Å². The van der Waals surface area contributed by atoms with Crippen molar-refractivity contribution in [2.45, 2.75) is 25.0 Å². The zero-order chi connectivity index (χ0) is 16.4. The second kappa shape index (κ2) is 7.20. The molecule has 0 N–H and O–H groups in total. The van der Waals surface area contributed by atoms with Crippen molar-refractivity contribution in [1.82, 2.24) is 9.80 Å². The second-order valence-electron chi connectivity index (χ2n) is 6.18. The molecule has 0 atom stereocenters. The lowest BCUT2D eigenvalue weighted by Gasteiger charge is -2.47. The summed E-state index contributed by atoms with van der Waals surface area (Å²) in [7, 11) is 3.40. The average molecular weight is 383 g/mol. The Bertz CT molecular complexity index is 567. The summed E-state index contributed by atoms with van der Waals surface area (Å²) in [5, 5.41) is 0. The van der Waals surface area contributed by atoms with Gasteiger partial charge in [-0.1, -0.05) is 0 Å². The van der Waals surface area contributed by atoms with E-state index >= 15 is 0 Å². The molecule has 0 spiro atoms. The number of piperidine rings is 1. The number of likely N-dealkylation sites (tertiary alicyclic amines) is 2. The molecule has 0 saturated carbocycles. The monoisotopic (exact) mass is 382 g/mol. The van der Waals surface area contributed by atoms with Gasteiger partial charge in [-0.2, -0.15) is 0 Å². The van der Waals surface area contributed by atoms with Gasteiger partial charge in [-0.25, -0.2) is 0 Å². The van der Waals surface area contributed by atoms with E-state index in [9.17, 15) is 4.79 Å². The van der Waals surface area contributed by atoms with Crippen molar-refractivity contribution in [1.29, 1.82) is 0 Å². The van der Waals surface area contributed by atoms with E-state index in [1.54, 1.807) is 20.3 Å². The first-order valence-electron chi connectivity index (χ1n) is 8.02. The lowest BCUT2D eigenvalue weighted by Crippen LogP contribution is -2.62. The fourth-order valence-electron chi connectivity index (χ4n) is 3.29. The number of ether oxygens (including phenoxy) is 2. The van der Waals surface area contributed by atoms with E-state index in [4.69, 9.17) is 9.47 Å². The predicted octanol–water partition coefficient (Wildman–Crippen LogP) is 2.39. The van der Waals surface area contributed by atoms with Gasteiger partial charge in [0.2, 0.25) is 0 Å². The van der Waals surface area contributed by atoms with Crippen LogP contribution in [0, 0.1) is 0 Å². The van der Waals surface area contributed by atoms with Crippen LogP contribution in [0.2, 0.25) is 0 Å². The maximum atomic E-state index is 12.6. The van der Waals surface area contributed by atoms with Crippen molar-refractivity contribution in [3.63, 3.8) is 0 Å². The molecular formula is C17H23BrN2O3. The van der Waals surface area contributed by atoms with E-state index in [2.05, 4.69) is 20.8 Å². The zero-order valence-corrected chi connectivity index (χ0v) is 15.2. The number of methoxy groups -OCH3 is 2. The van der Waals surface area contributed by atoms with Crippen LogP contribution < -0.4 is 4.74 Å². The highest BCUT2D eigenvalue weighted by atomic mass is 79.9. The Morgan fingerprint density at radius 2 is 1.91 bits per heavy atom. The molecule has 2 aliphatic rings. The molecule has 0 aromatic heterocycles. The minimum atomic E-state index is 0.0683. The van der Waals surface area contributed by atoms with E-state index in [1.165, 1.54) is 0 Å². The molecule has 1 aromatic carbocycles. The van der Waals surface area contributed by atoms with Gasteiger partial charge in [0.15, 0.2) is 0 Å². The van der Waals surface area contributed by atoms with Crippen molar-refractivity contribution in [3.05, 3.63) is 28.2 Å². The number of carbonyl (C=O) groups excluding carboxylic acids is 1. The molecule has 2 heterocycles. The largest absolute Gasteiger partial charge is 0.497 e. The van der Waals surface area contributed by atoms with Crippen LogP contribution in [0.25, 0.3) is 0 Å². The molecule has 2 saturated heterocycles. The summed E-state index contributed by atoms with van der Waals surface area (Å²) in [5.74, 6) is 0.772. The average Bonchev–Trinajstić information content (AvgIpc) is 2.54. The third-order valence-electron chi connectivity index (χ3n) is 4.88. The van der Waals surface area contributed by atoms with Gasteiger partial charge >= 0.3 is 0 Å². The van der Waals surface area contributed by atoms with E-state index in [0.29, 0.717) is 23.5 Å². The number of benzene rings is 1. The number of carbonyl (C=O) groups is 1. The van der Waals surface area contributed by atoms with Gasteiger partial charge in [0, 0.05) is 43.8 Å². The standard InChI is InChI=1S/C17H23BrN2O3/c1-22-13-5-7-19(8-6-13)12-10-20(11-12)17(21)15-9-14(23-2)3-4-16(15)18/h3-4,9,12-13H,5-8,10-11H2,1-2H3. The summed E-state index contributed by atoms with van der Waals surface area (Å²) >= 11 is 3.46. The topological polar surface area (TPSA) is 42.0 Å². The summed E-state index contributed by atoms with van der Waals surface area (Å²) in [5.41, 5.74) is 0.667. The van der Waals surface area contributed by atoms with Gasteiger partial charge in [-0.05, 0) is 47.0 Å². The molecule has 23 heavy (non-hydrogen) atoms. The van der Waals surface area contributed by atoms with Gasteiger partial charge in [0.25, 0.3) is 5.91 Å². The molecular weight excluding hydrogens is 360 g/mol. The number of amides is 1. The number of halogens is 1. The van der Waals surface area contributed by atoms with Gasteiger partial charge in [0.1, 0.15) is 5.75 Å². The van der Waals surface area contributed by atoms with Crippen molar-refractivity contribution in [3.8, 4) is 5.75 Å². The van der Waals surface area contributed by atoms with E-state index in [-0.39, 0.29) is 5.91 Å². The number of nitrogens with zero attached hydrogens (tertiary/aromatic N) is 2. The lowest BCUT2D eigenvalue weighted by molar-refractivity contribution is -0.0120. The maximum absolute atomic E-state index is 12.6. The number of rotatable bonds is 4. The molecule has 5 nitrogen and oxygen atoms in total. The van der Waals surface area contributed by atoms with Crippen LogP contribution in [0.1, 0.15) is 23.2 Å². The molecule has 1 aromatic rings. The molecule has 0 radical (unpaired) electrons. The van der Waals surface area contributed by atoms with E-state index in [1.807, 2.05) is 17.0 Å². The first-order valence-corrected chi connectivity index (χ1v) is 8.81. The van der Waals surface area contributed by atoms with Crippen LogP contribution in [0.4, 0.5) is 0 Å². The molecule has 126 valence electrons. The van der Waals surface area contributed by atoms with Crippen molar-refractivity contribution in [2.24, 2.45) is 0 Å². The number of hydrogen-bond donors (Lipinski definition) is 0. The summed E-state index contributed by atoms with van der Waals surface area (Å²) < 4.78 is 11.4. The Morgan fingerprint density at radius 1 is 1.22 bits per heavy atom. The molecule has 0 unspecified atom stereocenters.